The molecule has 46 valence electrons. The zero-order valence-corrected chi connectivity index (χ0v) is 4.78. The zero-order chi connectivity index (χ0) is 6.53. The van der Waals surface area contributed by atoms with Crippen molar-refractivity contribution in [3.05, 3.63) is 6.33 Å². The lowest BCUT2D eigenvalue weighted by Gasteiger charge is -1.82. The number of nitriles is 1. The number of aryl methyl sites for hydroxylation is 1. The zero-order valence-electron chi connectivity index (χ0n) is 4.78. The second-order valence-corrected chi connectivity index (χ2v) is 1.53. The summed E-state index contributed by atoms with van der Waals surface area (Å²) in [6.45, 7) is 0.628. The van der Waals surface area contributed by atoms with Crippen LogP contribution in [0.4, 0.5) is 0 Å². The monoisotopic (exact) mass is 124 g/mol. The van der Waals surface area contributed by atoms with Crippen molar-refractivity contribution in [2.24, 2.45) is 0 Å². The summed E-state index contributed by atoms with van der Waals surface area (Å²) >= 11 is 0. The lowest BCUT2D eigenvalue weighted by Crippen LogP contribution is -2.34. The van der Waals surface area contributed by atoms with Crippen LogP contribution in [0.25, 0.3) is 0 Å². The SMILES string of the molecule is N#CCC[n+]1cnn[nH]1. The van der Waals surface area contributed by atoms with Crippen LogP contribution in [0.1, 0.15) is 6.42 Å². The van der Waals surface area contributed by atoms with Crippen LogP contribution in [0.15, 0.2) is 6.33 Å². The molecule has 0 atom stereocenters. The standard InChI is InChI=1S/C4H5N5/c5-2-1-3-9-4-6-7-8-9/h4H,1,3H2/p+1. The average molecular weight is 124 g/mol. The Kier molecular flexibility index (Phi) is 1.75. The molecule has 1 aromatic rings. The van der Waals surface area contributed by atoms with Gasteiger partial charge in [-0.05, 0) is 0 Å². The highest BCUT2D eigenvalue weighted by molar-refractivity contribution is 4.63. The lowest BCUT2D eigenvalue weighted by atomic mass is 10.5. The van der Waals surface area contributed by atoms with E-state index in [2.05, 4.69) is 15.5 Å². The van der Waals surface area contributed by atoms with Crippen molar-refractivity contribution in [1.82, 2.24) is 15.5 Å². The number of rotatable bonds is 2. The van der Waals surface area contributed by atoms with E-state index in [1.54, 1.807) is 4.68 Å². The summed E-state index contributed by atoms with van der Waals surface area (Å²) in [5.41, 5.74) is 0. The normalized spacial score (nSPS) is 8.78. The predicted molar refractivity (Wildman–Crippen MR) is 26.8 cm³/mol. The first-order valence-electron chi connectivity index (χ1n) is 2.56. The molecule has 1 rings (SSSR count). The third-order valence-electron chi connectivity index (χ3n) is 0.886. The molecule has 0 unspecified atom stereocenters. The van der Waals surface area contributed by atoms with Gasteiger partial charge in [-0.1, -0.05) is 5.21 Å². The predicted octanol–water partition coefficient (Wildman–Crippen LogP) is -0.994. The first-order valence-corrected chi connectivity index (χ1v) is 2.56. The van der Waals surface area contributed by atoms with Gasteiger partial charge in [0.15, 0.2) is 5.21 Å². The van der Waals surface area contributed by atoms with Gasteiger partial charge in [0.25, 0.3) is 6.33 Å². The minimum atomic E-state index is 0.481. The highest BCUT2D eigenvalue weighted by Crippen LogP contribution is 1.69. The van der Waals surface area contributed by atoms with E-state index in [9.17, 15) is 0 Å². The number of H-pyrrole nitrogens is 1. The Bertz CT molecular complexity index is 195. The fourth-order valence-corrected chi connectivity index (χ4v) is 0.475. The average Bonchev–Trinajstić information content (AvgIpc) is 2.34. The Hall–Kier alpha value is -1.44. The number of nitrogens with one attached hydrogen (secondary N) is 1. The van der Waals surface area contributed by atoms with E-state index in [1.165, 1.54) is 6.33 Å². The molecule has 5 heteroatoms. The van der Waals surface area contributed by atoms with Crippen molar-refractivity contribution in [3.8, 4) is 6.07 Å². The van der Waals surface area contributed by atoms with Crippen LogP contribution in [0, 0.1) is 11.3 Å². The van der Waals surface area contributed by atoms with Crippen molar-refractivity contribution in [2.75, 3.05) is 0 Å². The van der Waals surface area contributed by atoms with E-state index in [0.717, 1.165) is 0 Å². The number of aromatic nitrogens is 4. The van der Waals surface area contributed by atoms with Gasteiger partial charge in [-0.2, -0.15) is 9.94 Å². The third kappa shape index (κ3) is 1.49. The molecular formula is C4H6N5+. The Morgan fingerprint density at radius 3 is 3.22 bits per heavy atom. The Labute approximate surface area is 51.9 Å². The summed E-state index contributed by atoms with van der Waals surface area (Å²) in [6.07, 6.45) is 2.02. The Balaban J connectivity index is 2.41. The minimum absolute atomic E-state index is 0.481. The lowest BCUT2D eigenvalue weighted by molar-refractivity contribution is -0.753. The molecule has 0 aliphatic rings. The van der Waals surface area contributed by atoms with Gasteiger partial charge in [-0.15, -0.1) is 0 Å². The van der Waals surface area contributed by atoms with Crippen LogP contribution in [-0.2, 0) is 6.54 Å². The minimum Gasteiger partial charge on any atom is -0.198 e. The van der Waals surface area contributed by atoms with Gasteiger partial charge >= 0.3 is 0 Å². The summed E-state index contributed by atoms with van der Waals surface area (Å²) in [6, 6.07) is 2.01. The maximum atomic E-state index is 8.15. The molecule has 0 amide bonds. The van der Waals surface area contributed by atoms with Crippen LogP contribution in [0.3, 0.4) is 0 Å². The van der Waals surface area contributed by atoms with Crippen molar-refractivity contribution in [3.63, 3.8) is 0 Å². The summed E-state index contributed by atoms with van der Waals surface area (Å²) < 4.78 is 1.64. The molecular weight excluding hydrogens is 118 g/mol. The van der Waals surface area contributed by atoms with Crippen LogP contribution in [-0.4, -0.2) is 15.5 Å². The largest absolute Gasteiger partial charge is 0.288 e. The van der Waals surface area contributed by atoms with E-state index in [1.807, 2.05) is 6.07 Å². The highest BCUT2D eigenvalue weighted by Gasteiger charge is 1.95. The van der Waals surface area contributed by atoms with Crippen molar-refractivity contribution < 1.29 is 4.68 Å². The second kappa shape index (κ2) is 2.77. The van der Waals surface area contributed by atoms with E-state index in [0.29, 0.717) is 13.0 Å². The van der Waals surface area contributed by atoms with Crippen LogP contribution >= 0.6 is 0 Å². The van der Waals surface area contributed by atoms with Crippen LogP contribution in [0.2, 0.25) is 0 Å². The molecule has 0 fully saturated rings. The third-order valence-corrected chi connectivity index (χ3v) is 0.886. The highest BCUT2D eigenvalue weighted by atomic mass is 15.5. The smallest absolute Gasteiger partial charge is 0.198 e. The van der Waals surface area contributed by atoms with Gasteiger partial charge in [0, 0.05) is 0 Å². The molecule has 1 N–H and O–H groups in total. The first kappa shape index (κ1) is 5.69. The van der Waals surface area contributed by atoms with Crippen molar-refractivity contribution in [1.29, 1.82) is 5.26 Å². The maximum Gasteiger partial charge on any atom is 0.288 e. The first-order chi connectivity index (χ1) is 4.43. The molecule has 9 heavy (non-hydrogen) atoms. The molecule has 0 radical (unpaired) electrons. The molecule has 1 aromatic heterocycles. The molecule has 0 bridgehead atoms. The van der Waals surface area contributed by atoms with E-state index >= 15 is 0 Å². The van der Waals surface area contributed by atoms with E-state index in [4.69, 9.17) is 5.26 Å². The second-order valence-electron chi connectivity index (χ2n) is 1.53. The molecule has 0 spiro atoms. The molecule has 0 saturated heterocycles. The Morgan fingerprint density at radius 1 is 1.78 bits per heavy atom. The van der Waals surface area contributed by atoms with Crippen molar-refractivity contribution in [2.45, 2.75) is 13.0 Å². The molecule has 5 nitrogen and oxygen atoms in total. The summed E-state index contributed by atoms with van der Waals surface area (Å²) in [4.78, 5) is 0. The van der Waals surface area contributed by atoms with Gasteiger partial charge < -0.3 is 0 Å². The van der Waals surface area contributed by atoms with Gasteiger partial charge in [-0.25, -0.2) is 0 Å². The summed E-state index contributed by atoms with van der Waals surface area (Å²) in [7, 11) is 0. The number of tetrazole rings is 1. The number of hydrogen-bond donors (Lipinski definition) is 1. The van der Waals surface area contributed by atoms with Crippen LogP contribution in [0.5, 0.6) is 0 Å². The Morgan fingerprint density at radius 2 is 2.67 bits per heavy atom. The van der Waals surface area contributed by atoms with E-state index < -0.39 is 0 Å². The summed E-state index contributed by atoms with van der Waals surface area (Å²) in [5, 5.41) is 17.7. The molecule has 0 saturated carbocycles. The van der Waals surface area contributed by atoms with Gasteiger partial charge in [0.2, 0.25) is 0 Å². The van der Waals surface area contributed by atoms with Crippen molar-refractivity contribution >= 4 is 0 Å². The molecule has 0 aliphatic carbocycles. The topological polar surface area (TPSA) is 69.2 Å². The van der Waals surface area contributed by atoms with Gasteiger partial charge in [0.1, 0.15) is 11.6 Å². The van der Waals surface area contributed by atoms with Gasteiger partial charge in [0.05, 0.1) is 12.5 Å². The molecule has 0 aliphatic heterocycles. The molecule has 1 heterocycles. The quantitative estimate of drug-likeness (QED) is 0.514. The van der Waals surface area contributed by atoms with Crippen LogP contribution < -0.4 is 4.68 Å². The number of hydrogen-bond acceptors (Lipinski definition) is 3. The van der Waals surface area contributed by atoms with Gasteiger partial charge in [-0.3, -0.25) is 0 Å². The maximum absolute atomic E-state index is 8.15. The fourth-order valence-electron chi connectivity index (χ4n) is 0.475. The fraction of sp³-hybridized carbons (Fsp3) is 0.500. The summed E-state index contributed by atoms with van der Waals surface area (Å²) in [5.74, 6) is 0. The van der Waals surface area contributed by atoms with E-state index in [-0.39, 0.29) is 0 Å². The number of nitrogens with zero attached hydrogens (tertiary/aromatic N) is 4. The molecule has 0 aromatic carbocycles. The number of aromatic amines is 1.